The smallest absolute Gasteiger partial charge is 0.387 e. The third kappa shape index (κ3) is 4.11. The molecule has 0 atom stereocenters. The first-order valence-corrected chi connectivity index (χ1v) is 8.82. The highest BCUT2D eigenvalue weighted by Gasteiger charge is 2.14. The van der Waals surface area contributed by atoms with Gasteiger partial charge in [0, 0.05) is 16.8 Å². The van der Waals surface area contributed by atoms with Crippen LogP contribution < -0.4 is 14.8 Å². The zero-order valence-corrected chi connectivity index (χ0v) is 14.8. The molecular formula is C19H17F2NO3S. The van der Waals surface area contributed by atoms with Crippen molar-refractivity contribution in [2.24, 2.45) is 0 Å². The summed E-state index contributed by atoms with van der Waals surface area (Å²) in [5.74, 6) is -0.322. The number of benzene rings is 2. The van der Waals surface area contributed by atoms with Gasteiger partial charge in [-0.15, -0.1) is 11.3 Å². The summed E-state index contributed by atoms with van der Waals surface area (Å²) in [6.07, 6.45) is 0.708. The second kappa shape index (κ2) is 8.14. The summed E-state index contributed by atoms with van der Waals surface area (Å²) in [6, 6.07) is 12.2. The standard InChI is InChI=1S/C19H17F2NO3S/c1-24-16-10-12(6-7-15(16)25-19(20)21)18(23)22-9-8-13-11-26-17-5-3-2-4-14(13)17/h2-7,10-11,19H,8-9H2,1H3,(H,22,23). The van der Waals surface area contributed by atoms with Gasteiger partial charge >= 0.3 is 6.61 Å². The molecule has 0 saturated heterocycles. The summed E-state index contributed by atoms with van der Waals surface area (Å²) < 4.78 is 35.3. The fraction of sp³-hybridized carbons (Fsp3) is 0.211. The number of hydrogen-bond donors (Lipinski definition) is 1. The monoisotopic (exact) mass is 377 g/mol. The molecule has 0 fully saturated rings. The maximum Gasteiger partial charge on any atom is 0.387 e. The van der Waals surface area contributed by atoms with E-state index in [1.807, 2.05) is 12.1 Å². The van der Waals surface area contributed by atoms with Crippen molar-refractivity contribution in [3.8, 4) is 11.5 Å². The highest BCUT2D eigenvalue weighted by atomic mass is 32.1. The molecule has 1 amide bonds. The lowest BCUT2D eigenvalue weighted by molar-refractivity contribution is -0.0512. The zero-order valence-electron chi connectivity index (χ0n) is 14.0. The van der Waals surface area contributed by atoms with Crippen molar-refractivity contribution in [1.82, 2.24) is 5.32 Å². The summed E-state index contributed by atoms with van der Waals surface area (Å²) >= 11 is 1.68. The summed E-state index contributed by atoms with van der Waals surface area (Å²) in [6.45, 7) is -2.49. The first-order chi connectivity index (χ1) is 12.6. The van der Waals surface area contributed by atoms with Gasteiger partial charge in [0.2, 0.25) is 0 Å². The Labute approximate surface area is 153 Å². The van der Waals surface area contributed by atoms with Gasteiger partial charge in [-0.3, -0.25) is 4.79 Å². The van der Waals surface area contributed by atoms with Crippen LogP contribution in [0.1, 0.15) is 15.9 Å². The van der Waals surface area contributed by atoms with Crippen molar-refractivity contribution in [1.29, 1.82) is 0 Å². The Bertz CT molecular complexity index is 911. The van der Waals surface area contributed by atoms with Gasteiger partial charge in [0.15, 0.2) is 11.5 Å². The van der Waals surface area contributed by atoms with Crippen LogP contribution >= 0.6 is 11.3 Å². The number of amides is 1. The molecule has 136 valence electrons. The van der Waals surface area contributed by atoms with Crippen molar-refractivity contribution in [3.05, 3.63) is 59.0 Å². The van der Waals surface area contributed by atoms with Crippen molar-refractivity contribution < 1.29 is 23.0 Å². The number of alkyl halides is 2. The van der Waals surface area contributed by atoms with E-state index in [2.05, 4.69) is 27.6 Å². The van der Waals surface area contributed by atoms with Crippen LogP contribution in [-0.4, -0.2) is 26.2 Å². The van der Waals surface area contributed by atoms with E-state index >= 15 is 0 Å². The van der Waals surface area contributed by atoms with Crippen molar-refractivity contribution in [2.45, 2.75) is 13.0 Å². The first-order valence-electron chi connectivity index (χ1n) is 7.94. The number of halogens is 2. The Kier molecular flexibility index (Phi) is 5.68. The van der Waals surface area contributed by atoms with Gasteiger partial charge in [-0.1, -0.05) is 18.2 Å². The largest absolute Gasteiger partial charge is 0.493 e. The summed E-state index contributed by atoms with van der Waals surface area (Å²) in [4.78, 5) is 12.3. The Morgan fingerprint density at radius 3 is 2.77 bits per heavy atom. The number of carbonyl (C=O) groups is 1. The number of thiophene rings is 1. The topological polar surface area (TPSA) is 47.6 Å². The molecule has 0 saturated carbocycles. The number of methoxy groups -OCH3 is 1. The van der Waals surface area contributed by atoms with Crippen LogP contribution in [0.2, 0.25) is 0 Å². The maximum atomic E-state index is 12.4. The first kappa shape index (κ1) is 18.1. The molecule has 7 heteroatoms. The summed E-state index contributed by atoms with van der Waals surface area (Å²) in [7, 11) is 1.33. The van der Waals surface area contributed by atoms with Gasteiger partial charge in [-0.05, 0) is 47.0 Å². The van der Waals surface area contributed by atoms with Gasteiger partial charge in [0.25, 0.3) is 5.91 Å². The van der Waals surface area contributed by atoms with E-state index in [9.17, 15) is 13.6 Å². The minimum atomic E-state index is -2.95. The van der Waals surface area contributed by atoms with E-state index in [4.69, 9.17) is 4.74 Å². The molecule has 1 N–H and O–H groups in total. The number of carbonyl (C=O) groups excluding carboxylic acids is 1. The van der Waals surface area contributed by atoms with E-state index in [-0.39, 0.29) is 17.4 Å². The van der Waals surface area contributed by atoms with Crippen LogP contribution in [0, 0.1) is 0 Å². The van der Waals surface area contributed by atoms with Crippen LogP contribution in [-0.2, 0) is 6.42 Å². The minimum absolute atomic E-state index is 0.0850. The molecule has 0 unspecified atom stereocenters. The third-order valence-electron chi connectivity index (χ3n) is 3.88. The van der Waals surface area contributed by atoms with E-state index in [1.54, 1.807) is 11.3 Å². The molecule has 3 rings (SSSR count). The fourth-order valence-electron chi connectivity index (χ4n) is 2.64. The molecule has 3 aromatic rings. The predicted octanol–water partition coefficient (Wildman–Crippen LogP) is 4.48. The zero-order chi connectivity index (χ0) is 18.5. The molecule has 2 aromatic carbocycles. The number of hydrogen-bond acceptors (Lipinski definition) is 4. The van der Waals surface area contributed by atoms with E-state index < -0.39 is 6.61 Å². The molecule has 1 aromatic heterocycles. The van der Waals surface area contributed by atoms with Gasteiger partial charge in [0.05, 0.1) is 7.11 Å². The van der Waals surface area contributed by atoms with Crippen LogP contribution in [0.4, 0.5) is 8.78 Å². The molecule has 26 heavy (non-hydrogen) atoms. The number of ether oxygens (including phenoxy) is 2. The maximum absolute atomic E-state index is 12.4. The van der Waals surface area contributed by atoms with Crippen LogP contribution in [0.5, 0.6) is 11.5 Å². The average Bonchev–Trinajstić information content (AvgIpc) is 3.05. The Morgan fingerprint density at radius 1 is 1.19 bits per heavy atom. The summed E-state index contributed by atoms with van der Waals surface area (Å²) in [5.41, 5.74) is 1.50. The second-order valence-corrected chi connectivity index (χ2v) is 6.42. The van der Waals surface area contributed by atoms with E-state index in [0.717, 1.165) is 0 Å². The molecular weight excluding hydrogens is 360 g/mol. The molecule has 0 bridgehead atoms. The highest BCUT2D eigenvalue weighted by molar-refractivity contribution is 7.17. The number of nitrogens with one attached hydrogen (secondary N) is 1. The molecule has 0 spiro atoms. The highest BCUT2D eigenvalue weighted by Crippen LogP contribution is 2.29. The van der Waals surface area contributed by atoms with Crippen LogP contribution in [0.25, 0.3) is 10.1 Å². The van der Waals surface area contributed by atoms with E-state index in [1.165, 1.54) is 41.0 Å². The lowest BCUT2D eigenvalue weighted by Crippen LogP contribution is -2.25. The minimum Gasteiger partial charge on any atom is -0.493 e. The third-order valence-corrected chi connectivity index (χ3v) is 4.90. The van der Waals surface area contributed by atoms with Gasteiger partial charge in [-0.25, -0.2) is 0 Å². The van der Waals surface area contributed by atoms with Crippen LogP contribution in [0.3, 0.4) is 0 Å². The van der Waals surface area contributed by atoms with Crippen molar-refractivity contribution in [2.75, 3.05) is 13.7 Å². The van der Waals surface area contributed by atoms with Crippen molar-refractivity contribution in [3.63, 3.8) is 0 Å². The average molecular weight is 377 g/mol. The number of fused-ring (bicyclic) bond motifs is 1. The lowest BCUT2D eigenvalue weighted by atomic mass is 10.1. The SMILES string of the molecule is COc1cc(C(=O)NCCc2csc3ccccc23)ccc1OC(F)F. The fourth-order valence-corrected chi connectivity index (χ4v) is 3.64. The van der Waals surface area contributed by atoms with Crippen LogP contribution in [0.15, 0.2) is 47.8 Å². The van der Waals surface area contributed by atoms with Gasteiger partial charge in [-0.2, -0.15) is 8.78 Å². The van der Waals surface area contributed by atoms with Gasteiger partial charge in [0.1, 0.15) is 0 Å². The molecule has 4 nitrogen and oxygen atoms in total. The van der Waals surface area contributed by atoms with E-state index in [0.29, 0.717) is 18.5 Å². The normalized spacial score (nSPS) is 10.9. The molecule has 0 radical (unpaired) electrons. The van der Waals surface area contributed by atoms with Gasteiger partial charge < -0.3 is 14.8 Å². The predicted molar refractivity (Wildman–Crippen MR) is 97.5 cm³/mol. The lowest BCUT2D eigenvalue weighted by Gasteiger charge is -2.11. The quantitative estimate of drug-likeness (QED) is 0.660. The Balaban J connectivity index is 1.63. The summed E-state index contributed by atoms with van der Waals surface area (Å²) in [5, 5.41) is 6.12. The molecule has 0 aliphatic rings. The number of rotatable bonds is 7. The second-order valence-electron chi connectivity index (χ2n) is 5.51. The molecule has 1 heterocycles. The van der Waals surface area contributed by atoms with Crippen molar-refractivity contribution >= 4 is 27.3 Å². The Hall–Kier alpha value is -2.67. The molecule has 0 aliphatic heterocycles. The molecule has 0 aliphatic carbocycles. The Morgan fingerprint density at radius 2 is 2.00 bits per heavy atom.